The molecule has 0 spiro atoms. The van der Waals surface area contributed by atoms with Crippen LogP contribution in [-0.4, -0.2) is 30.4 Å². The molecule has 2 unspecified atom stereocenters. The van der Waals surface area contributed by atoms with E-state index >= 15 is 0 Å². The zero-order valence-electron chi connectivity index (χ0n) is 10.7. The Hall–Kier alpha value is -0.940. The molecule has 0 saturated carbocycles. The fourth-order valence-electron chi connectivity index (χ4n) is 2.55. The zero-order chi connectivity index (χ0) is 13.2. The average molecular weight is 268 g/mol. The Bertz CT molecular complexity index is 513. The minimum absolute atomic E-state index is 0.284. The summed E-state index contributed by atoms with van der Waals surface area (Å²) >= 11 is 0. The minimum atomic E-state index is -3.01. The van der Waals surface area contributed by atoms with Gasteiger partial charge in [-0.25, -0.2) is 8.42 Å². The van der Waals surface area contributed by atoms with Crippen molar-refractivity contribution in [3.63, 3.8) is 0 Å². The number of aromatic nitrogens is 1. The predicted molar refractivity (Wildman–Crippen MR) is 72.1 cm³/mol. The lowest BCUT2D eigenvalue weighted by Gasteiger charge is -2.27. The van der Waals surface area contributed by atoms with E-state index < -0.39 is 15.1 Å². The fraction of sp³-hybridized carbons (Fsp3) is 0.615. The first-order chi connectivity index (χ1) is 8.50. The third-order valence-electron chi connectivity index (χ3n) is 3.65. The summed E-state index contributed by atoms with van der Waals surface area (Å²) in [5, 5.41) is -0.396. The lowest BCUT2D eigenvalue weighted by molar-refractivity contribution is 0.492. The van der Waals surface area contributed by atoms with Gasteiger partial charge in [0.05, 0.1) is 11.0 Å². The quantitative estimate of drug-likeness (QED) is 0.894. The van der Waals surface area contributed by atoms with E-state index in [4.69, 9.17) is 5.73 Å². The number of nitrogens with zero attached hydrogens (tertiary/aromatic N) is 1. The van der Waals surface area contributed by atoms with E-state index in [1.54, 1.807) is 6.20 Å². The summed E-state index contributed by atoms with van der Waals surface area (Å²) in [6.45, 7) is 1.98. The molecular formula is C13H20N2O2S. The summed E-state index contributed by atoms with van der Waals surface area (Å²) in [5.74, 6) is 0.284. The first-order valence-electron chi connectivity index (χ1n) is 6.38. The Morgan fingerprint density at radius 2 is 2.28 bits per heavy atom. The van der Waals surface area contributed by atoms with Gasteiger partial charge >= 0.3 is 0 Å². The number of hydrogen-bond donors (Lipinski definition) is 1. The van der Waals surface area contributed by atoms with Crippen LogP contribution in [0, 0.1) is 6.92 Å². The highest BCUT2D eigenvalue weighted by Crippen LogP contribution is 2.23. The smallest absolute Gasteiger partial charge is 0.154 e. The van der Waals surface area contributed by atoms with Gasteiger partial charge in [-0.1, -0.05) is 12.5 Å². The van der Waals surface area contributed by atoms with Crippen LogP contribution >= 0.6 is 0 Å². The van der Waals surface area contributed by atoms with Crippen LogP contribution in [0.25, 0.3) is 0 Å². The first kappa shape index (κ1) is 13.5. The molecule has 1 fully saturated rings. The summed E-state index contributed by atoms with van der Waals surface area (Å²) in [7, 11) is -3.01. The summed E-state index contributed by atoms with van der Waals surface area (Å²) in [5.41, 5.74) is 8.08. The van der Waals surface area contributed by atoms with Crippen molar-refractivity contribution < 1.29 is 8.42 Å². The second-order valence-electron chi connectivity index (χ2n) is 5.04. The molecule has 1 saturated heterocycles. The summed E-state index contributed by atoms with van der Waals surface area (Å²) in [6.07, 6.45) is 4.68. The monoisotopic (exact) mass is 268 g/mol. The van der Waals surface area contributed by atoms with Gasteiger partial charge in [-0.2, -0.15) is 0 Å². The molecule has 0 aliphatic carbocycles. The molecule has 2 atom stereocenters. The molecule has 0 amide bonds. The van der Waals surface area contributed by atoms with Crippen molar-refractivity contribution in [3.05, 3.63) is 29.6 Å². The molecule has 5 heteroatoms. The van der Waals surface area contributed by atoms with Crippen molar-refractivity contribution in [2.45, 2.75) is 43.9 Å². The number of nitrogens with two attached hydrogens (primary N) is 1. The van der Waals surface area contributed by atoms with Crippen LogP contribution in [0.5, 0.6) is 0 Å². The van der Waals surface area contributed by atoms with Gasteiger partial charge in [-0.15, -0.1) is 0 Å². The molecule has 4 nitrogen and oxygen atoms in total. The van der Waals surface area contributed by atoms with Crippen LogP contribution in [-0.2, 0) is 16.3 Å². The summed E-state index contributed by atoms with van der Waals surface area (Å²) in [4.78, 5) is 4.29. The van der Waals surface area contributed by atoms with Gasteiger partial charge in [0.1, 0.15) is 0 Å². The molecule has 1 aliphatic rings. The van der Waals surface area contributed by atoms with E-state index in [0.717, 1.165) is 24.1 Å². The molecule has 1 aromatic heterocycles. The van der Waals surface area contributed by atoms with Crippen molar-refractivity contribution in [1.29, 1.82) is 0 Å². The SMILES string of the molecule is Cc1cccnc1CC(N)C1CCCCS1(=O)=O. The first-order valence-corrected chi connectivity index (χ1v) is 8.10. The molecule has 2 rings (SSSR count). The van der Waals surface area contributed by atoms with Gasteiger partial charge in [0.15, 0.2) is 9.84 Å². The Morgan fingerprint density at radius 1 is 1.50 bits per heavy atom. The van der Waals surface area contributed by atoms with Crippen molar-refractivity contribution >= 4 is 9.84 Å². The van der Waals surface area contributed by atoms with E-state index in [1.807, 2.05) is 19.1 Å². The summed E-state index contributed by atoms with van der Waals surface area (Å²) < 4.78 is 24.0. The maximum atomic E-state index is 12.0. The van der Waals surface area contributed by atoms with Crippen LogP contribution in [0.4, 0.5) is 0 Å². The lowest BCUT2D eigenvalue weighted by atomic mass is 10.0. The van der Waals surface area contributed by atoms with E-state index in [2.05, 4.69) is 4.98 Å². The summed E-state index contributed by atoms with van der Waals surface area (Å²) in [6, 6.07) is 3.51. The van der Waals surface area contributed by atoms with Gasteiger partial charge in [0.2, 0.25) is 0 Å². The van der Waals surface area contributed by atoms with Crippen LogP contribution in [0.2, 0.25) is 0 Å². The highest BCUT2D eigenvalue weighted by Gasteiger charge is 2.33. The van der Waals surface area contributed by atoms with Gasteiger partial charge in [-0.05, 0) is 31.4 Å². The molecule has 0 radical (unpaired) electrons. The standard InChI is InChI=1S/C13H20N2O2S/c1-10-5-4-7-15-12(10)9-11(14)13-6-2-3-8-18(13,16)17/h4-5,7,11,13H,2-3,6,8-9,14H2,1H3. The largest absolute Gasteiger partial charge is 0.326 e. The van der Waals surface area contributed by atoms with E-state index in [0.29, 0.717) is 12.8 Å². The molecule has 100 valence electrons. The Kier molecular flexibility index (Phi) is 4.02. The van der Waals surface area contributed by atoms with Crippen LogP contribution in [0.1, 0.15) is 30.5 Å². The second kappa shape index (κ2) is 5.36. The van der Waals surface area contributed by atoms with Crippen molar-refractivity contribution in [3.8, 4) is 0 Å². The highest BCUT2D eigenvalue weighted by molar-refractivity contribution is 7.92. The Balaban J connectivity index is 2.12. The van der Waals surface area contributed by atoms with E-state index in [-0.39, 0.29) is 11.8 Å². The normalized spacial score (nSPS) is 24.7. The highest BCUT2D eigenvalue weighted by atomic mass is 32.2. The third kappa shape index (κ3) is 2.90. The van der Waals surface area contributed by atoms with Gasteiger partial charge in [0.25, 0.3) is 0 Å². The zero-order valence-corrected chi connectivity index (χ0v) is 11.5. The molecule has 2 N–H and O–H groups in total. The van der Waals surface area contributed by atoms with Crippen molar-refractivity contribution in [2.75, 3.05) is 5.75 Å². The van der Waals surface area contributed by atoms with E-state index in [1.165, 1.54) is 0 Å². The van der Waals surface area contributed by atoms with E-state index in [9.17, 15) is 8.42 Å². The van der Waals surface area contributed by atoms with Crippen LogP contribution < -0.4 is 5.73 Å². The number of hydrogen-bond acceptors (Lipinski definition) is 4. The van der Waals surface area contributed by atoms with Crippen LogP contribution in [0.15, 0.2) is 18.3 Å². The molecule has 0 aromatic carbocycles. The second-order valence-corrected chi connectivity index (χ2v) is 7.38. The lowest BCUT2D eigenvalue weighted by Crippen LogP contribution is -2.45. The molecule has 1 aliphatic heterocycles. The minimum Gasteiger partial charge on any atom is -0.326 e. The Labute approximate surface area is 109 Å². The fourth-order valence-corrected chi connectivity index (χ4v) is 4.61. The van der Waals surface area contributed by atoms with Gasteiger partial charge in [0, 0.05) is 24.4 Å². The Morgan fingerprint density at radius 3 is 2.94 bits per heavy atom. The number of rotatable bonds is 3. The maximum absolute atomic E-state index is 12.0. The number of sulfone groups is 1. The molecule has 2 heterocycles. The van der Waals surface area contributed by atoms with Crippen LogP contribution in [0.3, 0.4) is 0 Å². The molecule has 18 heavy (non-hydrogen) atoms. The maximum Gasteiger partial charge on any atom is 0.154 e. The van der Waals surface area contributed by atoms with Crippen molar-refractivity contribution in [2.24, 2.45) is 5.73 Å². The molecule has 1 aromatic rings. The topological polar surface area (TPSA) is 73.0 Å². The third-order valence-corrected chi connectivity index (χ3v) is 6.02. The molecule has 0 bridgehead atoms. The van der Waals surface area contributed by atoms with Crippen molar-refractivity contribution in [1.82, 2.24) is 4.98 Å². The van der Waals surface area contributed by atoms with Gasteiger partial charge < -0.3 is 5.73 Å². The number of aryl methyl sites for hydroxylation is 1. The van der Waals surface area contributed by atoms with Gasteiger partial charge in [-0.3, -0.25) is 4.98 Å². The number of pyridine rings is 1. The predicted octanol–water partition coefficient (Wildman–Crippen LogP) is 1.23. The molecular weight excluding hydrogens is 248 g/mol. The average Bonchev–Trinajstić information content (AvgIpc) is 2.31.